The minimum Gasteiger partial charge on any atom is -0.466 e. The molecule has 1 aromatic heterocycles. The van der Waals surface area contributed by atoms with E-state index >= 15 is 0 Å². The summed E-state index contributed by atoms with van der Waals surface area (Å²) < 4.78 is 9.55. The first-order valence-corrected chi connectivity index (χ1v) is 5.10. The van der Waals surface area contributed by atoms with Crippen LogP contribution in [0.2, 0.25) is 0 Å². The van der Waals surface area contributed by atoms with Crippen molar-refractivity contribution < 1.29 is 14.3 Å². The molecule has 1 rings (SSSR count). The van der Waals surface area contributed by atoms with Gasteiger partial charge in [0, 0.05) is 7.11 Å². The predicted molar refractivity (Wildman–Crippen MR) is 60.3 cm³/mol. The number of nitrogens with one attached hydrogen (secondary N) is 1. The number of nitrogens with zero attached hydrogens (tertiary/aromatic N) is 1. The van der Waals surface area contributed by atoms with Gasteiger partial charge in [-0.15, -0.1) is 0 Å². The van der Waals surface area contributed by atoms with Crippen molar-refractivity contribution in [3.05, 3.63) is 21.7 Å². The zero-order chi connectivity index (χ0) is 12.8. The summed E-state index contributed by atoms with van der Waals surface area (Å²) in [5, 5.41) is 0. The Kier molecular flexibility index (Phi) is 4.65. The molecule has 1 heterocycles. The number of nitrogens with two attached hydrogens (primary N) is 1. The van der Waals surface area contributed by atoms with Crippen LogP contribution in [0.5, 0.6) is 0 Å². The summed E-state index contributed by atoms with van der Waals surface area (Å²) in [5.41, 5.74) is 5.27. The highest BCUT2D eigenvalue weighted by molar-refractivity contribution is 5.74. The normalized spacial score (nSPS) is 10.2. The minimum absolute atomic E-state index is 0.0221. The molecule has 0 unspecified atom stereocenters. The van der Waals surface area contributed by atoms with Crippen LogP contribution in [0.25, 0.3) is 0 Å². The highest BCUT2D eigenvalue weighted by Crippen LogP contribution is 2.05. The van der Waals surface area contributed by atoms with E-state index in [9.17, 15) is 9.59 Å². The van der Waals surface area contributed by atoms with Gasteiger partial charge in [0.1, 0.15) is 18.2 Å². The standard InChI is InChI=1S/C10H15N3O4/c1-3-17-8(14)4-6-9(11)12-7(5-16-2)13-10(6)15/h3-5H2,1-2H3,(H3,11,12,13,15). The molecule has 0 aliphatic heterocycles. The zero-order valence-electron chi connectivity index (χ0n) is 9.78. The Morgan fingerprint density at radius 3 is 2.76 bits per heavy atom. The molecular weight excluding hydrogens is 226 g/mol. The number of carbonyl (C=O) groups excluding carboxylic acids is 1. The third-order valence-electron chi connectivity index (χ3n) is 2.00. The SMILES string of the molecule is CCOC(=O)Cc1c(N)nc(COC)[nH]c1=O. The molecular formula is C10H15N3O4. The maximum Gasteiger partial charge on any atom is 0.310 e. The summed E-state index contributed by atoms with van der Waals surface area (Å²) in [7, 11) is 1.47. The molecule has 0 fully saturated rings. The second-order valence-corrected chi connectivity index (χ2v) is 3.29. The van der Waals surface area contributed by atoms with E-state index in [0.29, 0.717) is 5.82 Å². The molecule has 0 saturated heterocycles. The second-order valence-electron chi connectivity index (χ2n) is 3.29. The summed E-state index contributed by atoms with van der Waals surface area (Å²) in [6.07, 6.45) is -0.185. The van der Waals surface area contributed by atoms with Crippen LogP contribution in [0.15, 0.2) is 4.79 Å². The quantitative estimate of drug-likeness (QED) is 0.679. The second kappa shape index (κ2) is 6.00. The van der Waals surface area contributed by atoms with Gasteiger partial charge in [-0.25, -0.2) is 4.98 Å². The number of H-pyrrole nitrogens is 1. The topological polar surface area (TPSA) is 107 Å². The van der Waals surface area contributed by atoms with Gasteiger partial charge in [0.05, 0.1) is 18.6 Å². The Hall–Kier alpha value is -1.89. The lowest BCUT2D eigenvalue weighted by Crippen LogP contribution is -2.23. The summed E-state index contributed by atoms with van der Waals surface area (Å²) in [6, 6.07) is 0. The van der Waals surface area contributed by atoms with Gasteiger partial charge in [-0.2, -0.15) is 0 Å². The van der Waals surface area contributed by atoms with Crippen molar-refractivity contribution in [1.29, 1.82) is 0 Å². The monoisotopic (exact) mass is 241 g/mol. The molecule has 0 aliphatic carbocycles. The third-order valence-corrected chi connectivity index (χ3v) is 2.00. The number of aromatic amines is 1. The zero-order valence-corrected chi connectivity index (χ0v) is 9.78. The lowest BCUT2D eigenvalue weighted by atomic mass is 10.2. The number of carbonyl (C=O) groups is 1. The molecule has 0 spiro atoms. The van der Waals surface area contributed by atoms with Crippen molar-refractivity contribution in [3.8, 4) is 0 Å². The average molecular weight is 241 g/mol. The molecule has 0 radical (unpaired) electrons. The van der Waals surface area contributed by atoms with E-state index in [4.69, 9.17) is 15.2 Å². The highest BCUT2D eigenvalue weighted by atomic mass is 16.5. The van der Waals surface area contributed by atoms with E-state index in [0.717, 1.165) is 0 Å². The van der Waals surface area contributed by atoms with Gasteiger partial charge in [0.2, 0.25) is 0 Å². The molecule has 0 amide bonds. The fourth-order valence-corrected chi connectivity index (χ4v) is 1.30. The molecule has 0 saturated carbocycles. The number of rotatable bonds is 5. The van der Waals surface area contributed by atoms with Crippen LogP contribution in [0.1, 0.15) is 18.3 Å². The van der Waals surface area contributed by atoms with Gasteiger partial charge >= 0.3 is 5.97 Å². The molecule has 7 heteroatoms. The maximum atomic E-state index is 11.6. The van der Waals surface area contributed by atoms with Crippen LogP contribution in [-0.4, -0.2) is 29.7 Å². The van der Waals surface area contributed by atoms with Crippen LogP contribution in [-0.2, 0) is 27.3 Å². The van der Waals surface area contributed by atoms with E-state index in [1.54, 1.807) is 6.92 Å². The molecule has 3 N–H and O–H groups in total. The van der Waals surface area contributed by atoms with Crippen molar-refractivity contribution in [2.24, 2.45) is 0 Å². The Bertz CT molecular complexity index is 455. The van der Waals surface area contributed by atoms with Gasteiger partial charge < -0.3 is 20.2 Å². The summed E-state index contributed by atoms with van der Waals surface area (Å²) in [6.45, 7) is 2.09. The van der Waals surface area contributed by atoms with Crippen molar-refractivity contribution in [1.82, 2.24) is 9.97 Å². The number of aromatic nitrogens is 2. The first-order valence-electron chi connectivity index (χ1n) is 5.10. The van der Waals surface area contributed by atoms with Crippen molar-refractivity contribution in [2.75, 3.05) is 19.5 Å². The fraction of sp³-hybridized carbons (Fsp3) is 0.500. The fourth-order valence-electron chi connectivity index (χ4n) is 1.30. The van der Waals surface area contributed by atoms with Crippen molar-refractivity contribution in [2.45, 2.75) is 20.0 Å². The van der Waals surface area contributed by atoms with Gasteiger partial charge in [-0.05, 0) is 6.92 Å². The van der Waals surface area contributed by atoms with Crippen molar-refractivity contribution in [3.63, 3.8) is 0 Å². The average Bonchev–Trinajstić information content (AvgIpc) is 2.24. The number of hydrogen-bond acceptors (Lipinski definition) is 6. The number of nitrogen functional groups attached to an aromatic ring is 1. The molecule has 94 valence electrons. The van der Waals surface area contributed by atoms with Gasteiger partial charge in [-0.1, -0.05) is 0 Å². The van der Waals surface area contributed by atoms with Crippen LogP contribution in [0.3, 0.4) is 0 Å². The number of esters is 1. The molecule has 17 heavy (non-hydrogen) atoms. The Balaban J connectivity index is 2.94. The highest BCUT2D eigenvalue weighted by Gasteiger charge is 2.13. The van der Waals surface area contributed by atoms with E-state index < -0.39 is 11.5 Å². The Morgan fingerprint density at radius 2 is 2.24 bits per heavy atom. The maximum absolute atomic E-state index is 11.6. The molecule has 1 aromatic rings. The summed E-state index contributed by atoms with van der Waals surface area (Å²) in [4.78, 5) is 29.3. The summed E-state index contributed by atoms with van der Waals surface area (Å²) in [5.74, 6) is -0.164. The number of ether oxygens (including phenoxy) is 2. The smallest absolute Gasteiger partial charge is 0.310 e. The lowest BCUT2D eigenvalue weighted by molar-refractivity contribution is -0.142. The third kappa shape index (κ3) is 3.56. The molecule has 0 atom stereocenters. The van der Waals surface area contributed by atoms with Crippen LogP contribution >= 0.6 is 0 Å². The van der Waals surface area contributed by atoms with E-state index in [2.05, 4.69) is 9.97 Å². The van der Waals surface area contributed by atoms with Gasteiger partial charge in [0.15, 0.2) is 0 Å². The van der Waals surface area contributed by atoms with E-state index in [1.807, 2.05) is 0 Å². The minimum atomic E-state index is -0.508. The van der Waals surface area contributed by atoms with Crippen LogP contribution in [0, 0.1) is 0 Å². The molecule has 0 aliphatic rings. The Morgan fingerprint density at radius 1 is 1.53 bits per heavy atom. The number of methoxy groups -OCH3 is 1. The summed E-state index contributed by atoms with van der Waals surface area (Å²) >= 11 is 0. The predicted octanol–water partition coefficient (Wildman–Crippen LogP) is -0.396. The van der Waals surface area contributed by atoms with E-state index in [-0.39, 0.29) is 31.0 Å². The first kappa shape index (κ1) is 13.2. The van der Waals surface area contributed by atoms with Crippen LogP contribution in [0.4, 0.5) is 5.82 Å². The molecule has 0 bridgehead atoms. The number of hydrogen-bond donors (Lipinski definition) is 2. The van der Waals surface area contributed by atoms with Crippen LogP contribution < -0.4 is 11.3 Å². The number of anilines is 1. The van der Waals surface area contributed by atoms with E-state index in [1.165, 1.54) is 7.11 Å². The van der Waals surface area contributed by atoms with Gasteiger partial charge in [-0.3, -0.25) is 9.59 Å². The molecule has 7 nitrogen and oxygen atoms in total. The first-order chi connectivity index (χ1) is 8.08. The largest absolute Gasteiger partial charge is 0.466 e. The lowest BCUT2D eigenvalue weighted by Gasteiger charge is -2.06. The Labute approximate surface area is 98.0 Å². The molecule has 0 aromatic carbocycles. The van der Waals surface area contributed by atoms with Gasteiger partial charge in [0.25, 0.3) is 5.56 Å². The van der Waals surface area contributed by atoms with Crippen molar-refractivity contribution >= 4 is 11.8 Å².